The van der Waals surface area contributed by atoms with Crippen molar-refractivity contribution in [2.24, 2.45) is 0 Å². The van der Waals surface area contributed by atoms with Crippen LogP contribution in [-0.4, -0.2) is 56.2 Å². The molecule has 13 heavy (non-hydrogen) atoms. The van der Waals surface area contributed by atoms with E-state index in [9.17, 15) is 0 Å². The third-order valence-corrected chi connectivity index (χ3v) is 3.10. The molecule has 0 aliphatic carbocycles. The fourth-order valence-corrected chi connectivity index (χ4v) is 1.04. The summed E-state index contributed by atoms with van der Waals surface area (Å²) in [4.78, 5) is 2.41. The number of hydrogen-bond acceptors (Lipinski definition) is 1. The Labute approximate surface area is 84.1 Å². The van der Waals surface area contributed by atoms with E-state index in [4.69, 9.17) is 0 Å². The van der Waals surface area contributed by atoms with Crippen molar-refractivity contribution < 1.29 is 4.48 Å². The van der Waals surface area contributed by atoms with Gasteiger partial charge in [0.05, 0.1) is 27.2 Å². The van der Waals surface area contributed by atoms with E-state index in [2.05, 4.69) is 53.9 Å². The normalized spacial score (nSPS) is 15.5. The highest BCUT2D eigenvalue weighted by Gasteiger charge is 2.18. The van der Waals surface area contributed by atoms with Gasteiger partial charge in [0.25, 0.3) is 0 Å². The van der Waals surface area contributed by atoms with Crippen LogP contribution in [0.1, 0.15) is 27.2 Å². The van der Waals surface area contributed by atoms with Crippen LogP contribution in [-0.2, 0) is 0 Å². The lowest BCUT2D eigenvalue weighted by Crippen LogP contribution is -2.45. The maximum Gasteiger partial charge on any atom is 0.0867 e. The first-order valence-corrected chi connectivity index (χ1v) is 5.26. The Bertz CT molecular complexity index is 136. The molecule has 0 aromatic heterocycles. The predicted octanol–water partition coefficient (Wildman–Crippen LogP) is 1.81. The van der Waals surface area contributed by atoms with Gasteiger partial charge in [0, 0.05) is 19.0 Å². The zero-order valence-corrected chi connectivity index (χ0v) is 10.5. The van der Waals surface area contributed by atoms with Crippen LogP contribution in [0.3, 0.4) is 0 Å². The van der Waals surface area contributed by atoms with E-state index < -0.39 is 0 Å². The average molecular weight is 187 g/mol. The topological polar surface area (TPSA) is 3.24 Å². The minimum absolute atomic E-state index is 0.666. The molecule has 0 N–H and O–H groups in total. The van der Waals surface area contributed by atoms with Crippen LogP contribution >= 0.6 is 0 Å². The molecule has 0 aromatic rings. The molecule has 80 valence electrons. The fraction of sp³-hybridized carbons (Fsp3) is 1.00. The maximum atomic E-state index is 2.41. The summed E-state index contributed by atoms with van der Waals surface area (Å²) >= 11 is 0. The monoisotopic (exact) mass is 187 g/mol. The third kappa shape index (κ3) is 5.27. The molecule has 2 heteroatoms. The molecule has 0 aliphatic heterocycles. The molecule has 0 spiro atoms. The van der Waals surface area contributed by atoms with Gasteiger partial charge in [-0.2, -0.15) is 0 Å². The highest BCUT2D eigenvalue weighted by atomic mass is 15.3. The third-order valence-electron chi connectivity index (χ3n) is 3.10. The largest absolute Gasteiger partial charge is 0.329 e. The van der Waals surface area contributed by atoms with Crippen molar-refractivity contribution in [3.63, 3.8) is 0 Å². The van der Waals surface area contributed by atoms with Crippen molar-refractivity contribution in [2.45, 2.75) is 39.3 Å². The zero-order chi connectivity index (χ0) is 10.6. The number of quaternary nitrogens is 1. The van der Waals surface area contributed by atoms with Crippen LogP contribution in [0.15, 0.2) is 0 Å². The first-order valence-electron chi connectivity index (χ1n) is 5.26. The summed E-state index contributed by atoms with van der Waals surface area (Å²) in [7, 11) is 8.99. The molecule has 0 amide bonds. The van der Waals surface area contributed by atoms with Gasteiger partial charge in [0.15, 0.2) is 0 Å². The Hall–Kier alpha value is -0.0800. The van der Waals surface area contributed by atoms with Crippen molar-refractivity contribution >= 4 is 0 Å². The van der Waals surface area contributed by atoms with E-state index in [0.29, 0.717) is 6.04 Å². The van der Waals surface area contributed by atoms with E-state index in [1.165, 1.54) is 13.0 Å². The lowest BCUT2D eigenvalue weighted by Gasteiger charge is -2.33. The van der Waals surface area contributed by atoms with Crippen molar-refractivity contribution in [1.29, 1.82) is 0 Å². The van der Waals surface area contributed by atoms with Gasteiger partial charge >= 0.3 is 0 Å². The zero-order valence-electron chi connectivity index (χ0n) is 10.5. The van der Waals surface area contributed by atoms with Gasteiger partial charge in [-0.3, -0.25) is 0 Å². The molecular formula is C11H27N2+. The quantitative estimate of drug-likeness (QED) is 0.593. The maximum absolute atomic E-state index is 2.41. The van der Waals surface area contributed by atoms with E-state index in [1.807, 2.05) is 0 Å². The first kappa shape index (κ1) is 12.9. The second-order valence-electron chi connectivity index (χ2n) is 5.33. The van der Waals surface area contributed by atoms with Gasteiger partial charge in [0.2, 0.25) is 0 Å². The number of hydrogen-bond donors (Lipinski definition) is 0. The van der Waals surface area contributed by atoms with Crippen LogP contribution in [0.5, 0.6) is 0 Å². The summed E-state index contributed by atoms with van der Waals surface area (Å²) in [5.74, 6) is 0. The summed E-state index contributed by atoms with van der Waals surface area (Å²) in [6, 6.07) is 1.40. The average Bonchev–Trinajstić information content (AvgIpc) is 1.97. The van der Waals surface area contributed by atoms with Gasteiger partial charge < -0.3 is 9.38 Å². The second kappa shape index (κ2) is 4.97. The van der Waals surface area contributed by atoms with Crippen LogP contribution < -0.4 is 0 Å². The molecule has 0 saturated carbocycles. The van der Waals surface area contributed by atoms with Crippen molar-refractivity contribution in [3.05, 3.63) is 0 Å². The summed E-state index contributed by atoms with van der Waals surface area (Å²) < 4.78 is 1.06. The van der Waals surface area contributed by atoms with Crippen molar-refractivity contribution in [1.82, 2.24) is 4.90 Å². The molecule has 1 unspecified atom stereocenters. The number of nitrogens with zero attached hydrogens (tertiary/aromatic N) is 2. The van der Waals surface area contributed by atoms with Crippen LogP contribution in [0.2, 0.25) is 0 Å². The molecule has 0 fully saturated rings. The van der Waals surface area contributed by atoms with Crippen LogP contribution in [0.25, 0.3) is 0 Å². The molecule has 0 aliphatic rings. The Morgan fingerprint density at radius 2 is 1.54 bits per heavy atom. The molecule has 2 nitrogen and oxygen atoms in total. The Balaban J connectivity index is 3.77. The smallest absolute Gasteiger partial charge is 0.0867 e. The van der Waals surface area contributed by atoms with Crippen molar-refractivity contribution in [2.75, 3.05) is 34.7 Å². The molecule has 0 bridgehead atoms. The minimum Gasteiger partial charge on any atom is -0.329 e. The minimum atomic E-state index is 0.666. The lowest BCUT2D eigenvalue weighted by atomic mass is 10.1. The molecule has 1 atom stereocenters. The molecule has 0 heterocycles. The van der Waals surface area contributed by atoms with Gasteiger partial charge in [0.1, 0.15) is 0 Å². The van der Waals surface area contributed by atoms with E-state index in [-0.39, 0.29) is 0 Å². The Kier molecular flexibility index (Phi) is 4.93. The molecular weight excluding hydrogens is 160 g/mol. The number of rotatable bonds is 5. The Morgan fingerprint density at radius 1 is 1.08 bits per heavy atom. The summed E-state index contributed by atoms with van der Waals surface area (Å²) in [6.07, 6.45) is 1.28. The summed E-state index contributed by atoms with van der Waals surface area (Å²) in [5.41, 5.74) is 0. The highest BCUT2D eigenvalue weighted by Crippen LogP contribution is 2.07. The standard InChI is InChI=1S/C11H27N2/c1-10(2)12(4)9-8-11(3)13(5,6)7/h10-11H,8-9H2,1-7H3/q+1. The second-order valence-corrected chi connectivity index (χ2v) is 5.33. The van der Waals surface area contributed by atoms with E-state index >= 15 is 0 Å². The van der Waals surface area contributed by atoms with Gasteiger partial charge in [-0.05, 0) is 27.8 Å². The highest BCUT2D eigenvalue weighted by molar-refractivity contribution is 4.59. The summed E-state index contributed by atoms with van der Waals surface area (Å²) in [5, 5.41) is 0. The van der Waals surface area contributed by atoms with E-state index in [0.717, 1.165) is 10.5 Å². The molecule has 0 radical (unpaired) electrons. The molecule has 0 rings (SSSR count). The Morgan fingerprint density at radius 3 is 1.85 bits per heavy atom. The van der Waals surface area contributed by atoms with Gasteiger partial charge in [-0.1, -0.05) is 0 Å². The molecule has 0 saturated heterocycles. The van der Waals surface area contributed by atoms with E-state index in [1.54, 1.807) is 0 Å². The molecule has 0 aromatic carbocycles. The van der Waals surface area contributed by atoms with Crippen LogP contribution in [0, 0.1) is 0 Å². The summed E-state index contributed by atoms with van der Waals surface area (Å²) in [6.45, 7) is 8.02. The van der Waals surface area contributed by atoms with Gasteiger partial charge in [-0.15, -0.1) is 0 Å². The van der Waals surface area contributed by atoms with Gasteiger partial charge in [-0.25, -0.2) is 0 Å². The fourth-order valence-electron chi connectivity index (χ4n) is 1.04. The van der Waals surface area contributed by atoms with Crippen LogP contribution in [0.4, 0.5) is 0 Å². The lowest BCUT2D eigenvalue weighted by molar-refractivity contribution is -0.894. The van der Waals surface area contributed by atoms with Crippen molar-refractivity contribution in [3.8, 4) is 0 Å². The first-order chi connectivity index (χ1) is 5.75. The SMILES string of the molecule is CC(C)N(C)CCC(C)[N+](C)(C)C. The predicted molar refractivity (Wildman–Crippen MR) is 59.9 cm³/mol.